The normalized spacial score (nSPS) is 16.4. The minimum Gasteiger partial charge on any atom is -0.282 e. The van der Waals surface area contributed by atoms with Crippen LogP contribution in [0.2, 0.25) is 0 Å². The second kappa shape index (κ2) is 4.99. The van der Waals surface area contributed by atoms with Gasteiger partial charge in [-0.25, -0.2) is 0 Å². The molecule has 0 heterocycles. The first-order valence-corrected chi connectivity index (χ1v) is 5.93. The third-order valence-electron chi connectivity index (χ3n) is 3.25. The third kappa shape index (κ3) is 4.79. The molecule has 0 aliphatic carbocycles. The summed E-state index contributed by atoms with van der Waals surface area (Å²) in [6.07, 6.45) is 0.776. The summed E-state index contributed by atoms with van der Waals surface area (Å²) in [5.74, 6) is -0.193. The van der Waals surface area contributed by atoms with Gasteiger partial charge in [0.1, 0.15) is 6.07 Å². The van der Waals surface area contributed by atoms with Crippen LogP contribution in [0.15, 0.2) is 0 Å². The van der Waals surface area contributed by atoms with Crippen LogP contribution >= 0.6 is 0 Å². The fourth-order valence-corrected chi connectivity index (χ4v) is 1.84. The van der Waals surface area contributed by atoms with Crippen molar-refractivity contribution in [3.63, 3.8) is 0 Å². The molecule has 0 aromatic rings. The summed E-state index contributed by atoms with van der Waals surface area (Å²) in [4.78, 5) is 11.7. The lowest BCUT2D eigenvalue weighted by Gasteiger charge is -2.35. The van der Waals surface area contributed by atoms with Gasteiger partial charge in [-0.2, -0.15) is 5.26 Å². The number of carbonyl (C=O) groups is 1. The number of nitrogens with zero attached hydrogens (tertiary/aromatic N) is 1. The third-order valence-corrected chi connectivity index (χ3v) is 3.25. The molecule has 0 spiro atoms. The molecule has 0 aliphatic rings. The zero-order valence-corrected chi connectivity index (χ0v) is 11.7. The molecule has 0 N–H and O–H groups in total. The Bertz CT molecular complexity index is 285. The van der Waals surface area contributed by atoms with E-state index in [4.69, 9.17) is 5.26 Å². The highest BCUT2D eigenvalue weighted by molar-refractivity contribution is 5.95. The lowest BCUT2D eigenvalue weighted by Crippen LogP contribution is -2.33. The van der Waals surface area contributed by atoms with E-state index < -0.39 is 0 Å². The molecule has 0 aliphatic heterocycles. The molecule has 0 bridgehead atoms. The molecule has 2 nitrogen and oxygen atoms in total. The van der Waals surface area contributed by atoms with Crippen molar-refractivity contribution in [3.05, 3.63) is 0 Å². The number of hydrogen-bond acceptors (Lipinski definition) is 2. The van der Waals surface area contributed by atoms with Crippen LogP contribution in [0.3, 0.4) is 0 Å². The Balaban J connectivity index is 4.98. The van der Waals surface area contributed by atoms with Gasteiger partial charge in [0.05, 0.1) is 0 Å². The summed E-state index contributed by atoms with van der Waals surface area (Å²) in [6, 6.07) is 1.80. The van der Waals surface area contributed by atoms with Gasteiger partial charge in [-0.3, -0.25) is 4.79 Å². The molecule has 0 amide bonds. The molecule has 2 atom stereocenters. The molecule has 2 unspecified atom stereocenters. The van der Waals surface area contributed by atoms with Crippen LogP contribution in [0.25, 0.3) is 0 Å². The maximum atomic E-state index is 11.7. The first-order valence-electron chi connectivity index (χ1n) is 5.93. The van der Waals surface area contributed by atoms with E-state index >= 15 is 0 Å². The molecule has 16 heavy (non-hydrogen) atoms. The lowest BCUT2D eigenvalue weighted by molar-refractivity contribution is -0.121. The molecule has 0 aromatic heterocycles. The number of rotatable bonds is 3. The largest absolute Gasteiger partial charge is 0.282 e. The van der Waals surface area contributed by atoms with E-state index in [1.807, 2.05) is 0 Å². The Morgan fingerprint density at radius 2 is 1.62 bits per heavy atom. The zero-order chi connectivity index (χ0) is 13.1. The van der Waals surface area contributed by atoms with Crippen LogP contribution in [0.1, 0.15) is 54.9 Å². The standard InChI is InChI=1S/C14H25NO/c1-10(14(5,6)7)11(12(16)9-15)8-13(2,3)4/h10-11H,8H2,1-7H3. The van der Waals surface area contributed by atoms with Crippen molar-refractivity contribution in [1.82, 2.24) is 0 Å². The maximum Gasteiger partial charge on any atom is 0.235 e. The zero-order valence-electron chi connectivity index (χ0n) is 11.7. The fraction of sp³-hybridized carbons (Fsp3) is 0.857. The molecular weight excluding hydrogens is 198 g/mol. The van der Waals surface area contributed by atoms with Gasteiger partial charge in [-0.05, 0) is 23.2 Å². The van der Waals surface area contributed by atoms with Gasteiger partial charge < -0.3 is 0 Å². The number of hydrogen-bond donors (Lipinski definition) is 0. The van der Waals surface area contributed by atoms with Gasteiger partial charge in [0, 0.05) is 5.92 Å². The highest BCUT2D eigenvalue weighted by Gasteiger charge is 2.35. The Hall–Kier alpha value is -0.840. The molecule has 0 radical (unpaired) electrons. The molecule has 0 rings (SSSR count). The molecule has 0 fully saturated rings. The van der Waals surface area contributed by atoms with E-state index in [0.717, 1.165) is 6.42 Å². The monoisotopic (exact) mass is 223 g/mol. The van der Waals surface area contributed by atoms with Gasteiger partial charge in [-0.15, -0.1) is 0 Å². The average molecular weight is 223 g/mol. The summed E-state index contributed by atoms with van der Waals surface area (Å²) in [6.45, 7) is 14.8. The molecule has 0 saturated heterocycles. The van der Waals surface area contributed by atoms with Crippen LogP contribution in [-0.4, -0.2) is 5.78 Å². The van der Waals surface area contributed by atoms with Crippen LogP contribution in [0.5, 0.6) is 0 Å². The van der Waals surface area contributed by atoms with Crippen molar-refractivity contribution in [2.75, 3.05) is 0 Å². The van der Waals surface area contributed by atoms with Crippen molar-refractivity contribution in [2.24, 2.45) is 22.7 Å². The van der Waals surface area contributed by atoms with Crippen molar-refractivity contribution < 1.29 is 4.79 Å². The second-order valence-corrected chi connectivity index (χ2v) is 7.00. The molecular formula is C14H25NO. The van der Waals surface area contributed by atoms with E-state index in [1.165, 1.54) is 0 Å². The minimum atomic E-state index is -0.266. The predicted molar refractivity (Wildman–Crippen MR) is 66.8 cm³/mol. The summed E-state index contributed by atoms with van der Waals surface area (Å²) in [5, 5.41) is 8.82. The predicted octanol–water partition coefficient (Wildman–Crippen LogP) is 3.81. The Labute approximate surface area is 100 Å². The lowest BCUT2D eigenvalue weighted by atomic mass is 9.68. The molecule has 0 aromatic carbocycles. The van der Waals surface area contributed by atoms with Gasteiger partial charge in [0.15, 0.2) is 0 Å². The van der Waals surface area contributed by atoms with Crippen molar-refractivity contribution in [3.8, 4) is 6.07 Å². The molecule has 0 saturated carbocycles. The van der Waals surface area contributed by atoms with Crippen LogP contribution in [-0.2, 0) is 4.79 Å². The highest BCUT2D eigenvalue weighted by atomic mass is 16.1. The van der Waals surface area contributed by atoms with Crippen molar-refractivity contribution in [2.45, 2.75) is 54.9 Å². The van der Waals surface area contributed by atoms with E-state index in [0.29, 0.717) is 0 Å². The van der Waals surface area contributed by atoms with Crippen molar-refractivity contribution >= 4 is 5.78 Å². The van der Waals surface area contributed by atoms with Gasteiger partial charge in [0.25, 0.3) is 0 Å². The number of carbonyl (C=O) groups excluding carboxylic acids is 1. The highest BCUT2D eigenvalue weighted by Crippen LogP contribution is 2.38. The van der Waals surface area contributed by atoms with Gasteiger partial charge >= 0.3 is 0 Å². The quantitative estimate of drug-likeness (QED) is 0.682. The van der Waals surface area contributed by atoms with E-state index in [-0.39, 0.29) is 28.4 Å². The summed E-state index contributed by atoms with van der Waals surface area (Å²) >= 11 is 0. The second-order valence-electron chi connectivity index (χ2n) is 7.00. The summed E-state index contributed by atoms with van der Waals surface area (Å²) in [7, 11) is 0. The topological polar surface area (TPSA) is 40.9 Å². The fourth-order valence-electron chi connectivity index (χ4n) is 1.84. The minimum absolute atomic E-state index is 0.0580. The number of ketones is 1. The average Bonchev–Trinajstić information content (AvgIpc) is 2.09. The van der Waals surface area contributed by atoms with Gasteiger partial charge in [-0.1, -0.05) is 48.5 Å². The summed E-state index contributed by atoms with van der Waals surface area (Å²) < 4.78 is 0. The smallest absolute Gasteiger partial charge is 0.235 e. The number of Topliss-reactive ketones (excluding diaryl/α,β-unsaturated/α-hetero) is 1. The van der Waals surface area contributed by atoms with Gasteiger partial charge in [0.2, 0.25) is 5.78 Å². The summed E-state index contributed by atoms with van der Waals surface area (Å²) in [5.41, 5.74) is 0.138. The van der Waals surface area contributed by atoms with Crippen LogP contribution in [0.4, 0.5) is 0 Å². The number of nitriles is 1. The Kier molecular flexibility index (Phi) is 4.73. The van der Waals surface area contributed by atoms with E-state index in [1.54, 1.807) is 6.07 Å². The van der Waals surface area contributed by atoms with E-state index in [9.17, 15) is 4.79 Å². The van der Waals surface area contributed by atoms with Crippen molar-refractivity contribution in [1.29, 1.82) is 5.26 Å². The van der Waals surface area contributed by atoms with E-state index in [2.05, 4.69) is 48.5 Å². The Morgan fingerprint density at radius 1 is 1.19 bits per heavy atom. The maximum absolute atomic E-state index is 11.7. The van der Waals surface area contributed by atoms with Crippen LogP contribution in [0, 0.1) is 34.0 Å². The SMILES string of the molecule is CC(C(CC(C)(C)C)C(=O)C#N)C(C)(C)C. The molecule has 92 valence electrons. The first-order chi connectivity index (χ1) is 6.99. The first kappa shape index (κ1) is 15.2. The molecule has 2 heteroatoms. The van der Waals surface area contributed by atoms with Crippen LogP contribution < -0.4 is 0 Å². The Morgan fingerprint density at radius 3 is 1.88 bits per heavy atom.